The van der Waals surface area contributed by atoms with E-state index in [0.717, 1.165) is 24.3 Å². The van der Waals surface area contributed by atoms with Crippen molar-refractivity contribution < 1.29 is 4.39 Å². The largest absolute Gasteiger partial charge is 0.399 e. The fraction of sp³-hybridized carbons (Fsp3) is 0.333. The highest BCUT2D eigenvalue weighted by Gasteiger charge is 2.44. The number of halogens is 1. The van der Waals surface area contributed by atoms with Crippen LogP contribution in [0.5, 0.6) is 0 Å². The molecule has 1 aliphatic rings. The molecule has 2 aromatic carbocycles. The van der Waals surface area contributed by atoms with Gasteiger partial charge in [0.15, 0.2) is 0 Å². The second-order valence-corrected chi connectivity index (χ2v) is 6.20. The van der Waals surface area contributed by atoms with Gasteiger partial charge >= 0.3 is 0 Å². The lowest BCUT2D eigenvalue weighted by molar-refractivity contribution is 0.294. The molecule has 2 aromatic rings. The Kier molecular flexibility index (Phi) is 3.68. The molecule has 1 saturated carbocycles. The molecule has 3 rings (SSSR count). The summed E-state index contributed by atoms with van der Waals surface area (Å²) in [5.74, 6) is -0.166. The highest BCUT2D eigenvalue weighted by molar-refractivity contribution is 5.43. The topological polar surface area (TPSA) is 29.3 Å². The lowest BCUT2D eigenvalue weighted by Gasteiger charge is -2.24. The molecule has 21 heavy (non-hydrogen) atoms. The molecular formula is C18H21FN2. The Morgan fingerprint density at radius 2 is 1.86 bits per heavy atom. The minimum atomic E-state index is -0.166. The lowest BCUT2D eigenvalue weighted by atomic mass is 9.95. The van der Waals surface area contributed by atoms with Gasteiger partial charge in [-0.05, 0) is 55.3 Å². The van der Waals surface area contributed by atoms with Gasteiger partial charge in [0.2, 0.25) is 0 Å². The second-order valence-electron chi connectivity index (χ2n) is 6.20. The van der Waals surface area contributed by atoms with Crippen molar-refractivity contribution in [1.82, 2.24) is 4.90 Å². The lowest BCUT2D eigenvalue weighted by Crippen LogP contribution is -2.29. The van der Waals surface area contributed by atoms with Crippen LogP contribution in [0, 0.1) is 5.82 Å². The van der Waals surface area contributed by atoms with E-state index < -0.39 is 0 Å². The van der Waals surface area contributed by atoms with E-state index in [2.05, 4.69) is 24.1 Å². The molecule has 2 nitrogen and oxygen atoms in total. The van der Waals surface area contributed by atoms with Crippen LogP contribution in [0.15, 0.2) is 48.5 Å². The molecule has 0 spiro atoms. The number of rotatable bonds is 5. The van der Waals surface area contributed by atoms with Crippen molar-refractivity contribution in [2.24, 2.45) is 0 Å². The molecule has 2 N–H and O–H groups in total. The molecule has 1 fully saturated rings. The van der Waals surface area contributed by atoms with Crippen LogP contribution in [0.4, 0.5) is 10.1 Å². The fourth-order valence-corrected chi connectivity index (χ4v) is 3.05. The molecule has 0 atom stereocenters. The first kappa shape index (κ1) is 14.1. The predicted molar refractivity (Wildman–Crippen MR) is 84.5 cm³/mol. The van der Waals surface area contributed by atoms with Crippen molar-refractivity contribution >= 4 is 5.69 Å². The van der Waals surface area contributed by atoms with Gasteiger partial charge in [0.25, 0.3) is 0 Å². The summed E-state index contributed by atoms with van der Waals surface area (Å²) < 4.78 is 13.2. The van der Waals surface area contributed by atoms with Crippen LogP contribution in [0.25, 0.3) is 0 Å². The number of nitrogens with zero attached hydrogens (tertiary/aromatic N) is 1. The summed E-state index contributed by atoms with van der Waals surface area (Å²) in [6.45, 7) is 1.77. The fourth-order valence-electron chi connectivity index (χ4n) is 3.05. The van der Waals surface area contributed by atoms with Gasteiger partial charge in [0, 0.05) is 24.2 Å². The summed E-state index contributed by atoms with van der Waals surface area (Å²) in [5.41, 5.74) is 9.21. The maximum atomic E-state index is 13.2. The third-order valence-electron chi connectivity index (χ3n) is 4.29. The Bertz CT molecular complexity index is 617. The van der Waals surface area contributed by atoms with Crippen LogP contribution in [-0.4, -0.2) is 18.5 Å². The molecule has 0 bridgehead atoms. The number of likely N-dealkylation sites (N-methyl/N-ethyl adjacent to an activating group) is 1. The van der Waals surface area contributed by atoms with Crippen LogP contribution in [0.2, 0.25) is 0 Å². The van der Waals surface area contributed by atoms with Crippen LogP contribution in [0.3, 0.4) is 0 Å². The van der Waals surface area contributed by atoms with Crippen molar-refractivity contribution in [3.05, 3.63) is 65.5 Å². The minimum Gasteiger partial charge on any atom is -0.399 e. The quantitative estimate of drug-likeness (QED) is 0.850. The van der Waals surface area contributed by atoms with Gasteiger partial charge in [0.05, 0.1) is 0 Å². The normalized spacial score (nSPS) is 16.1. The molecular weight excluding hydrogens is 263 g/mol. The molecule has 0 aliphatic heterocycles. The Morgan fingerprint density at radius 3 is 2.48 bits per heavy atom. The van der Waals surface area contributed by atoms with Gasteiger partial charge < -0.3 is 10.6 Å². The van der Waals surface area contributed by atoms with Gasteiger partial charge in [-0.3, -0.25) is 0 Å². The third kappa shape index (κ3) is 3.24. The molecule has 3 heteroatoms. The zero-order valence-corrected chi connectivity index (χ0v) is 12.3. The average molecular weight is 284 g/mol. The Hall–Kier alpha value is -1.87. The summed E-state index contributed by atoms with van der Waals surface area (Å²) in [6.07, 6.45) is 2.43. The van der Waals surface area contributed by atoms with E-state index in [1.807, 2.05) is 18.2 Å². The van der Waals surface area contributed by atoms with Gasteiger partial charge in [0.1, 0.15) is 5.82 Å². The smallest absolute Gasteiger partial charge is 0.123 e. The number of hydrogen-bond acceptors (Lipinski definition) is 2. The number of nitrogen functional groups attached to an aromatic ring is 1. The summed E-state index contributed by atoms with van der Waals surface area (Å²) in [6, 6.07) is 15.1. The zero-order valence-electron chi connectivity index (χ0n) is 12.3. The SMILES string of the molecule is CN(Cc1cccc(F)c1)CC1(c2ccc(N)cc2)CC1. The second kappa shape index (κ2) is 5.49. The Labute approximate surface area is 125 Å². The number of benzene rings is 2. The monoisotopic (exact) mass is 284 g/mol. The Balaban J connectivity index is 1.67. The molecule has 1 aliphatic carbocycles. The van der Waals surface area contributed by atoms with E-state index in [-0.39, 0.29) is 11.2 Å². The highest BCUT2D eigenvalue weighted by atomic mass is 19.1. The molecule has 110 valence electrons. The van der Waals surface area contributed by atoms with Crippen LogP contribution in [-0.2, 0) is 12.0 Å². The minimum absolute atomic E-state index is 0.166. The van der Waals surface area contributed by atoms with Crippen molar-refractivity contribution in [3.63, 3.8) is 0 Å². The molecule has 0 unspecified atom stereocenters. The van der Waals surface area contributed by atoms with Gasteiger partial charge in [-0.1, -0.05) is 24.3 Å². The number of anilines is 1. The van der Waals surface area contributed by atoms with Crippen LogP contribution >= 0.6 is 0 Å². The summed E-state index contributed by atoms with van der Waals surface area (Å²) >= 11 is 0. The van der Waals surface area contributed by atoms with Gasteiger partial charge in [-0.25, -0.2) is 4.39 Å². The first-order valence-electron chi connectivity index (χ1n) is 7.36. The van der Waals surface area contributed by atoms with E-state index in [0.29, 0.717) is 0 Å². The van der Waals surface area contributed by atoms with E-state index in [4.69, 9.17) is 5.73 Å². The van der Waals surface area contributed by atoms with Crippen molar-refractivity contribution in [2.75, 3.05) is 19.3 Å². The van der Waals surface area contributed by atoms with Crippen LogP contribution < -0.4 is 5.73 Å². The van der Waals surface area contributed by atoms with Crippen molar-refractivity contribution in [3.8, 4) is 0 Å². The molecule has 0 saturated heterocycles. The highest BCUT2D eigenvalue weighted by Crippen LogP contribution is 2.48. The van der Waals surface area contributed by atoms with E-state index in [9.17, 15) is 4.39 Å². The maximum absolute atomic E-state index is 13.2. The molecule has 0 heterocycles. The summed E-state index contributed by atoms with van der Waals surface area (Å²) in [5, 5.41) is 0. The van der Waals surface area contributed by atoms with Gasteiger partial charge in [-0.15, -0.1) is 0 Å². The summed E-state index contributed by atoms with van der Waals surface area (Å²) in [4.78, 5) is 2.28. The first-order chi connectivity index (χ1) is 10.1. The first-order valence-corrected chi connectivity index (χ1v) is 7.36. The molecule has 0 radical (unpaired) electrons. The third-order valence-corrected chi connectivity index (χ3v) is 4.29. The predicted octanol–water partition coefficient (Wildman–Crippen LogP) is 3.57. The molecule has 0 amide bonds. The van der Waals surface area contributed by atoms with Crippen LogP contribution in [0.1, 0.15) is 24.0 Å². The summed E-state index contributed by atoms with van der Waals surface area (Å²) in [7, 11) is 2.10. The molecule has 0 aromatic heterocycles. The van der Waals surface area contributed by atoms with E-state index >= 15 is 0 Å². The van der Waals surface area contributed by atoms with Crippen molar-refractivity contribution in [1.29, 1.82) is 0 Å². The average Bonchev–Trinajstić information content (AvgIpc) is 3.20. The van der Waals surface area contributed by atoms with E-state index in [1.54, 1.807) is 12.1 Å². The van der Waals surface area contributed by atoms with Gasteiger partial charge in [-0.2, -0.15) is 0 Å². The standard InChI is InChI=1S/C18H21FN2/c1-21(12-14-3-2-4-16(19)11-14)13-18(9-10-18)15-5-7-17(20)8-6-15/h2-8,11H,9-10,12-13,20H2,1H3. The number of hydrogen-bond donors (Lipinski definition) is 1. The zero-order chi connectivity index (χ0) is 14.9. The number of nitrogens with two attached hydrogens (primary N) is 1. The van der Waals surface area contributed by atoms with Crippen molar-refractivity contribution in [2.45, 2.75) is 24.8 Å². The Morgan fingerprint density at radius 1 is 1.14 bits per heavy atom. The maximum Gasteiger partial charge on any atom is 0.123 e. The van der Waals surface area contributed by atoms with E-state index in [1.165, 1.54) is 24.5 Å².